The standard InChI is InChI=1S/C17H27NO3/c1-14(12-15-5-7-16(19)8-6-15)18-9-3-10-20-13-17-4-2-11-21-17/h5-8,14,17-19H,2-4,9-13H2,1H3. The summed E-state index contributed by atoms with van der Waals surface area (Å²) < 4.78 is 11.2. The Morgan fingerprint density at radius 3 is 2.90 bits per heavy atom. The fourth-order valence-electron chi connectivity index (χ4n) is 2.57. The molecule has 0 aliphatic carbocycles. The van der Waals surface area contributed by atoms with Crippen molar-refractivity contribution in [1.29, 1.82) is 0 Å². The third kappa shape index (κ3) is 6.46. The molecular formula is C17H27NO3. The second-order valence-corrected chi connectivity index (χ2v) is 5.79. The van der Waals surface area contributed by atoms with E-state index in [1.54, 1.807) is 12.1 Å². The monoisotopic (exact) mass is 293 g/mol. The van der Waals surface area contributed by atoms with E-state index >= 15 is 0 Å². The van der Waals surface area contributed by atoms with Crippen molar-refractivity contribution in [2.75, 3.05) is 26.4 Å². The predicted octanol–water partition coefficient (Wildman–Crippen LogP) is 2.50. The number of aromatic hydroxyl groups is 1. The van der Waals surface area contributed by atoms with Crippen LogP contribution in [0.4, 0.5) is 0 Å². The molecule has 1 saturated heterocycles. The highest BCUT2D eigenvalue weighted by Gasteiger charge is 2.14. The van der Waals surface area contributed by atoms with Crippen LogP contribution in [0.2, 0.25) is 0 Å². The molecule has 118 valence electrons. The summed E-state index contributed by atoms with van der Waals surface area (Å²) in [4.78, 5) is 0. The van der Waals surface area contributed by atoms with E-state index in [0.29, 0.717) is 17.9 Å². The molecule has 2 N–H and O–H groups in total. The van der Waals surface area contributed by atoms with Gasteiger partial charge in [0.05, 0.1) is 12.7 Å². The molecule has 21 heavy (non-hydrogen) atoms. The lowest BCUT2D eigenvalue weighted by atomic mass is 10.1. The molecular weight excluding hydrogens is 266 g/mol. The SMILES string of the molecule is CC(Cc1ccc(O)cc1)NCCCOCC1CCCO1. The topological polar surface area (TPSA) is 50.7 Å². The number of hydrogen-bond donors (Lipinski definition) is 2. The van der Waals surface area contributed by atoms with Crippen LogP contribution in [0.1, 0.15) is 31.7 Å². The van der Waals surface area contributed by atoms with Crippen LogP contribution in [-0.2, 0) is 15.9 Å². The number of hydrogen-bond acceptors (Lipinski definition) is 4. The molecule has 0 saturated carbocycles. The minimum atomic E-state index is 0.322. The van der Waals surface area contributed by atoms with Gasteiger partial charge in [0.25, 0.3) is 0 Å². The Kier molecular flexibility index (Phi) is 7.00. The van der Waals surface area contributed by atoms with Crippen molar-refractivity contribution in [3.8, 4) is 5.75 Å². The number of ether oxygens (including phenoxy) is 2. The zero-order valence-electron chi connectivity index (χ0n) is 12.9. The van der Waals surface area contributed by atoms with Gasteiger partial charge in [-0.3, -0.25) is 0 Å². The van der Waals surface area contributed by atoms with Crippen molar-refractivity contribution in [3.63, 3.8) is 0 Å². The number of benzene rings is 1. The normalized spacial score (nSPS) is 19.8. The van der Waals surface area contributed by atoms with Crippen molar-refractivity contribution in [2.45, 2.75) is 44.8 Å². The summed E-state index contributed by atoms with van der Waals surface area (Å²) in [6.45, 7) is 5.57. The van der Waals surface area contributed by atoms with Gasteiger partial charge in [0, 0.05) is 19.3 Å². The minimum Gasteiger partial charge on any atom is -0.508 e. The molecule has 1 aromatic rings. The van der Waals surface area contributed by atoms with Crippen LogP contribution in [0.3, 0.4) is 0 Å². The Bertz CT molecular complexity index is 388. The molecule has 0 amide bonds. The quantitative estimate of drug-likeness (QED) is 0.687. The number of phenolic OH excluding ortho intramolecular Hbond substituents is 1. The van der Waals surface area contributed by atoms with E-state index in [4.69, 9.17) is 9.47 Å². The van der Waals surface area contributed by atoms with E-state index in [9.17, 15) is 5.11 Å². The van der Waals surface area contributed by atoms with Crippen molar-refractivity contribution in [1.82, 2.24) is 5.32 Å². The third-order valence-corrected chi connectivity index (χ3v) is 3.76. The first-order chi connectivity index (χ1) is 10.2. The lowest BCUT2D eigenvalue weighted by Crippen LogP contribution is -2.29. The van der Waals surface area contributed by atoms with Crippen LogP contribution >= 0.6 is 0 Å². The van der Waals surface area contributed by atoms with E-state index < -0.39 is 0 Å². The minimum absolute atomic E-state index is 0.322. The average molecular weight is 293 g/mol. The molecule has 2 rings (SSSR count). The molecule has 1 aliphatic heterocycles. The molecule has 0 spiro atoms. The Labute approximate surface area is 127 Å². The van der Waals surface area contributed by atoms with Gasteiger partial charge in [0.1, 0.15) is 5.75 Å². The third-order valence-electron chi connectivity index (χ3n) is 3.76. The highest BCUT2D eigenvalue weighted by atomic mass is 16.5. The van der Waals surface area contributed by atoms with E-state index in [1.807, 2.05) is 12.1 Å². The van der Waals surface area contributed by atoms with Crippen LogP contribution in [0.25, 0.3) is 0 Å². The first-order valence-corrected chi connectivity index (χ1v) is 7.94. The van der Waals surface area contributed by atoms with Gasteiger partial charge < -0.3 is 19.9 Å². The number of phenols is 1. The van der Waals surface area contributed by atoms with Gasteiger partial charge in [0.15, 0.2) is 0 Å². The second-order valence-electron chi connectivity index (χ2n) is 5.79. The average Bonchev–Trinajstić information content (AvgIpc) is 2.98. The zero-order chi connectivity index (χ0) is 14.9. The van der Waals surface area contributed by atoms with Crippen molar-refractivity contribution < 1.29 is 14.6 Å². The fourth-order valence-corrected chi connectivity index (χ4v) is 2.57. The zero-order valence-corrected chi connectivity index (χ0v) is 12.9. The van der Waals surface area contributed by atoms with Gasteiger partial charge in [-0.1, -0.05) is 12.1 Å². The summed E-state index contributed by atoms with van der Waals surface area (Å²) in [5.74, 6) is 0.322. The van der Waals surface area contributed by atoms with E-state index in [-0.39, 0.29) is 0 Å². The van der Waals surface area contributed by atoms with Crippen LogP contribution in [0, 0.1) is 0 Å². The molecule has 0 radical (unpaired) electrons. The van der Waals surface area contributed by atoms with Gasteiger partial charge >= 0.3 is 0 Å². The van der Waals surface area contributed by atoms with Gasteiger partial charge in [0.2, 0.25) is 0 Å². The van der Waals surface area contributed by atoms with Gasteiger partial charge in [-0.2, -0.15) is 0 Å². The molecule has 1 fully saturated rings. The maximum Gasteiger partial charge on any atom is 0.115 e. The van der Waals surface area contributed by atoms with Crippen molar-refractivity contribution in [2.24, 2.45) is 0 Å². The molecule has 0 bridgehead atoms. The lowest BCUT2D eigenvalue weighted by molar-refractivity contribution is 0.0165. The predicted molar refractivity (Wildman–Crippen MR) is 83.7 cm³/mol. The second kappa shape index (κ2) is 9.03. The van der Waals surface area contributed by atoms with Crippen molar-refractivity contribution in [3.05, 3.63) is 29.8 Å². The lowest BCUT2D eigenvalue weighted by Gasteiger charge is -2.14. The van der Waals surface area contributed by atoms with Gasteiger partial charge in [-0.25, -0.2) is 0 Å². The van der Waals surface area contributed by atoms with Crippen LogP contribution in [0.15, 0.2) is 24.3 Å². The molecule has 1 aromatic carbocycles. The summed E-state index contributed by atoms with van der Waals surface area (Å²) in [5.41, 5.74) is 1.24. The van der Waals surface area contributed by atoms with E-state index in [2.05, 4.69) is 12.2 Å². The number of rotatable bonds is 9. The Hall–Kier alpha value is -1.10. The smallest absolute Gasteiger partial charge is 0.115 e. The number of nitrogens with one attached hydrogen (secondary N) is 1. The first kappa shape index (κ1) is 16.3. The highest BCUT2D eigenvalue weighted by Crippen LogP contribution is 2.12. The first-order valence-electron chi connectivity index (χ1n) is 7.94. The maximum atomic E-state index is 9.25. The summed E-state index contributed by atoms with van der Waals surface area (Å²) in [5, 5.41) is 12.8. The Morgan fingerprint density at radius 2 is 2.19 bits per heavy atom. The van der Waals surface area contributed by atoms with Crippen LogP contribution in [0.5, 0.6) is 5.75 Å². The molecule has 4 heteroatoms. The van der Waals surface area contributed by atoms with Crippen LogP contribution in [-0.4, -0.2) is 43.6 Å². The molecule has 1 heterocycles. The largest absolute Gasteiger partial charge is 0.508 e. The summed E-state index contributed by atoms with van der Waals surface area (Å²) in [6, 6.07) is 7.84. The fraction of sp³-hybridized carbons (Fsp3) is 0.647. The van der Waals surface area contributed by atoms with Crippen molar-refractivity contribution >= 4 is 0 Å². The molecule has 2 unspecified atom stereocenters. The van der Waals surface area contributed by atoms with E-state index in [1.165, 1.54) is 12.0 Å². The Balaban J connectivity index is 1.48. The molecule has 2 atom stereocenters. The molecule has 1 aliphatic rings. The summed E-state index contributed by atoms with van der Waals surface area (Å²) in [7, 11) is 0. The Morgan fingerprint density at radius 1 is 1.38 bits per heavy atom. The highest BCUT2D eigenvalue weighted by molar-refractivity contribution is 5.26. The van der Waals surface area contributed by atoms with E-state index in [0.717, 1.165) is 45.6 Å². The molecule has 4 nitrogen and oxygen atoms in total. The summed E-state index contributed by atoms with van der Waals surface area (Å²) >= 11 is 0. The maximum absolute atomic E-state index is 9.25. The van der Waals surface area contributed by atoms with Crippen LogP contribution < -0.4 is 5.32 Å². The van der Waals surface area contributed by atoms with Gasteiger partial charge in [-0.05, 0) is 56.8 Å². The molecule has 0 aromatic heterocycles. The van der Waals surface area contributed by atoms with Gasteiger partial charge in [-0.15, -0.1) is 0 Å². The summed E-state index contributed by atoms with van der Waals surface area (Å²) in [6.07, 6.45) is 4.63.